The number of rotatable bonds is 11. The first-order valence-corrected chi connectivity index (χ1v) is 17.6. The number of ether oxygens (including phenoxy) is 2. The Hall–Kier alpha value is -3.96. The molecule has 10 nitrogen and oxygen atoms in total. The van der Waals surface area contributed by atoms with Crippen molar-refractivity contribution in [2.24, 2.45) is 5.92 Å². The maximum atomic E-state index is 14.7. The average molecular weight is 660 g/mol. The Labute approximate surface area is 280 Å². The molecule has 2 aromatic carbocycles. The molecule has 1 saturated carbocycles. The third-order valence-electron chi connectivity index (χ3n) is 9.81. The van der Waals surface area contributed by atoms with Crippen molar-refractivity contribution in [2.75, 3.05) is 27.3 Å². The van der Waals surface area contributed by atoms with Gasteiger partial charge >= 0.3 is 0 Å². The highest BCUT2D eigenvalue weighted by Crippen LogP contribution is 2.39. The molecular weight excluding hydrogens is 614 g/mol. The van der Waals surface area contributed by atoms with Gasteiger partial charge in [0.1, 0.15) is 22.5 Å². The van der Waals surface area contributed by atoms with Gasteiger partial charge < -0.3 is 30.3 Å². The van der Waals surface area contributed by atoms with Crippen molar-refractivity contribution in [3.63, 3.8) is 0 Å². The molecule has 1 aliphatic heterocycles. The molecule has 3 aliphatic rings. The second-order valence-electron chi connectivity index (χ2n) is 12.8. The fourth-order valence-electron chi connectivity index (χ4n) is 7.08. The number of hydrogen-bond acceptors (Lipinski definition) is 8. The minimum absolute atomic E-state index is 0.0166. The summed E-state index contributed by atoms with van der Waals surface area (Å²) < 4.78 is 11.4. The van der Waals surface area contributed by atoms with Crippen LogP contribution in [0, 0.1) is 5.92 Å². The zero-order chi connectivity index (χ0) is 32.9. The van der Waals surface area contributed by atoms with Gasteiger partial charge in [0.2, 0.25) is 17.7 Å². The lowest BCUT2D eigenvalue weighted by Crippen LogP contribution is -2.59. The molecule has 1 fully saturated rings. The number of aromatic nitrogens is 1. The number of methoxy groups -OCH3 is 1. The molecule has 2 heterocycles. The molecule has 1 aromatic heterocycles. The summed E-state index contributed by atoms with van der Waals surface area (Å²) in [4.78, 5) is 49.5. The summed E-state index contributed by atoms with van der Waals surface area (Å²) >= 11 is 1.61. The van der Waals surface area contributed by atoms with Crippen LogP contribution in [0.15, 0.2) is 48.5 Å². The molecule has 1 unspecified atom stereocenters. The molecular formula is C36H45N5O5S. The number of fused-ring (bicyclic) bond motifs is 2. The van der Waals surface area contributed by atoms with E-state index in [4.69, 9.17) is 14.5 Å². The maximum absolute atomic E-state index is 14.7. The smallest absolute Gasteiger partial charge is 0.246 e. The van der Waals surface area contributed by atoms with Crippen molar-refractivity contribution in [3.8, 4) is 22.1 Å². The number of nitrogens with one attached hydrogen (secondary N) is 3. The van der Waals surface area contributed by atoms with Crippen molar-refractivity contribution in [3.05, 3.63) is 64.7 Å². The lowest BCUT2D eigenvalue weighted by Gasteiger charge is -2.37. The molecule has 3 amide bonds. The molecule has 3 N–H and O–H groups in total. The number of benzene rings is 2. The van der Waals surface area contributed by atoms with E-state index in [1.165, 1.54) is 0 Å². The first-order chi connectivity index (χ1) is 22.9. The maximum Gasteiger partial charge on any atom is 0.246 e. The first kappa shape index (κ1) is 33.0. The molecule has 0 spiro atoms. The summed E-state index contributed by atoms with van der Waals surface area (Å²) in [6.45, 7) is 2.19. The Balaban J connectivity index is 1.26. The molecule has 47 heavy (non-hydrogen) atoms. The molecule has 11 heteroatoms. The summed E-state index contributed by atoms with van der Waals surface area (Å²) in [5.41, 5.74) is 2.82. The van der Waals surface area contributed by atoms with Crippen molar-refractivity contribution in [2.45, 2.75) is 82.5 Å². The number of carbonyl (C=O) groups excluding carboxylic acids is 3. The highest BCUT2D eigenvalue weighted by molar-refractivity contribution is 7.15. The van der Waals surface area contributed by atoms with Crippen LogP contribution < -0.4 is 25.4 Å². The topological polar surface area (TPSA) is 122 Å². The van der Waals surface area contributed by atoms with Crippen LogP contribution in [-0.4, -0.2) is 73.0 Å². The second kappa shape index (κ2) is 14.9. The number of nitrogens with zero attached hydrogens (tertiary/aromatic N) is 2. The quantitative estimate of drug-likeness (QED) is 0.279. The fourth-order valence-corrected chi connectivity index (χ4v) is 8.27. The molecule has 6 rings (SSSR count). The van der Waals surface area contributed by atoms with Gasteiger partial charge in [-0.25, -0.2) is 4.98 Å². The molecule has 0 saturated heterocycles. The van der Waals surface area contributed by atoms with Gasteiger partial charge in [-0.1, -0.05) is 49.6 Å². The Bertz CT molecular complexity index is 1560. The monoisotopic (exact) mass is 659 g/mol. The SMILES string of the molecule is CN[C@@H](C)C(=O)N[C@H](C(=O)N(CC(=O)N[C@@H]1CCOc2ccccc21)C1Cc2nc(-c3ccccc3OC)sc2C1)C1CCCCC1. The zero-order valence-corrected chi connectivity index (χ0v) is 28.2. The Morgan fingerprint density at radius 3 is 2.57 bits per heavy atom. The largest absolute Gasteiger partial charge is 0.496 e. The van der Waals surface area contributed by atoms with E-state index < -0.39 is 12.1 Å². The fraction of sp³-hybridized carbons (Fsp3) is 0.500. The Morgan fingerprint density at radius 1 is 1.04 bits per heavy atom. The second-order valence-corrected chi connectivity index (χ2v) is 13.9. The van der Waals surface area contributed by atoms with Crippen molar-refractivity contribution >= 4 is 29.1 Å². The van der Waals surface area contributed by atoms with Gasteiger partial charge in [0.05, 0.1) is 43.6 Å². The van der Waals surface area contributed by atoms with Crippen molar-refractivity contribution < 1.29 is 23.9 Å². The van der Waals surface area contributed by atoms with Gasteiger partial charge in [0.25, 0.3) is 0 Å². The molecule has 3 aromatic rings. The van der Waals surface area contributed by atoms with Crippen molar-refractivity contribution in [1.82, 2.24) is 25.8 Å². The van der Waals surface area contributed by atoms with Gasteiger partial charge in [-0.15, -0.1) is 11.3 Å². The highest BCUT2D eigenvalue weighted by atomic mass is 32.1. The molecule has 0 bridgehead atoms. The van der Waals surface area contributed by atoms with Crippen LogP contribution in [0.3, 0.4) is 0 Å². The summed E-state index contributed by atoms with van der Waals surface area (Å²) in [6, 6.07) is 14.0. The van der Waals surface area contributed by atoms with Crippen LogP contribution in [0.4, 0.5) is 0 Å². The average Bonchev–Trinajstić information content (AvgIpc) is 3.69. The van der Waals surface area contributed by atoms with Crippen LogP contribution in [0.5, 0.6) is 11.5 Å². The lowest BCUT2D eigenvalue weighted by atomic mass is 9.83. The number of carbonyl (C=O) groups is 3. The number of likely N-dealkylation sites (N-methyl/N-ethyl adjacent to an activating group) is 1. The van der Waals surface area contributed by atoms with E-state index in [0.29, 0.717) is 25.9 Å². The minimum atomic E-state index is -0.703. The first-order valence-electron chi connectivity index (χ1n) is 16.8. The van der Waals surface area contributed by atoms with E-state index in [1.807, 2.05) is 48.5 Å². The van der Waals surface area contributed by atoms with Crippen LogP contribution in [-0.2, 0) is 27.2 Å². The van der Waals surface area contributed by atoms with E-state index in [-0.39, 0.29) is 42.3 Å². The number of amides is 3. The van der Waals surface area contributed by atoms with E-state index in [2.05, 4.69) is 16.0 Å². The highest BCUT2D eigenvalue weighted by Gasteiger charge is 2.41. The van der Waals surface area contributed by atoms with Gasteiger partial charge in [0, 0.05) is 35.7 Å². The molecule has 4 atom stereocenters. The predicted molar refractivity (Wildman–Crippen MR) is 181 cm³/mol. The summed E-state index contributed by atoms with van der Waals surface area (Å²) in [5.74, 6) is 0.919. The molecule has 250 valence electrons. The summed E-state index contributed by atoms with van der Waals surface area (Å²) in [5, 5.41) is 10.2. The Kier molecular flexibility index (Phi) is 10.4. The van der Waals surface area contributed by atoms with Crippen LogP contribution >= 0.6 is 11.3 Å². The van der Waals surface area contributed by atoms with Crippen molar-refractivity contribution in [1.29, 1.82) is 0 Å². The number of hydrogen-bond donors (Lipinski definition) is 3. The van der Waals surface area contributed by atoms with E-state index in [9.17, 15) is 14.4 Å². The molecule has 0 radical (unpaired) electrons. The number of thiazole rings is 1. The van der Waals surface area contributed by atoms with Crippen LogP contribution in [0.25, 0.3) is 10.6 Å². The lowest BCUT2D eigenvalue weighted by molar-refractivity contribution is -0.143. The van der Waals surface area contributed by atoms with Gasteiger partial charge in [-0.3, -0.25) is 14.4 Å². The van der Waals surface area contributed by atoms with Crippen LogP contribution in [0.2, 0.25) is 0 Å². The van der Waals surface area contributed by atoms with Gasteiger partial charge in [0.15, 0.2) is 0 Å². The Morgan fingerprint density at radius 2 is 1.81 bits per heavy atom. The standard InChI is InChI=1S/C36H45N5O5S/c1-22(37-2)34(43)40-33(23-11-5-4-6-12-23)36(44)41(21-32(42)38-27-17-18-46-30-16-10-7-13-25(27)30)24-19-28-31(20-24)47-35(39-28)26-14-8-9-15-29(26)45-3/h7-10,13-16,22-24,27,33,37H,4-6,11-12,17-21H2,1-3H3,(H,38,42)(H,40,43)/t22-,24?,27+,33-/m0/s1. The van der Waals surface area contributed by atoms with Gasteiger partial charge in [-0.05, 0) is 50.9 Å². The number of para-hydroxylation sites is 2. The summed E-state index contributed by atoms with van der Waals surface area (Å²) in [6.07, 6.45) is 6.68. The molecule has 2 aliphatic carbocycles. The zero-order valence-electron chi connectivity index (χ0n) is 27.4. The normalized spacial score (nSPS) is 20.2. The third kappa shape index (κ3) is 7.31. The van der Waals surface area contributed by atoms with Crippen LogP contribution in [0.1, 0.15) is 67.6 Å². The predicted octanol–water partition coefficient (Wildman–Crippen LogP) is 4.43. The third-order valence-corrected chi connectivity index (χ3v) is 11.0. The van der Waals surface area contributed by atoms with E-state index in [0.717, 1.165) is 70.3 Å². The van der Waals surface area contributed by atoms with E-state index >= 15 is 0 Å². The van der Waals surface area contributed by atoms with Gasteiger partial charge in [-0.2, -0.15) is 0 Å². The van der Waals surface area contributed by atoms with E-state index in [1.54, 1.807) is 37.3 Å². The minimum Gasteiger partial charge on any atom is -0.496 e. The summed E-state index contributed by atoms with van der Waals surface area (Å²) in [7, 11) is 3.39.